The number of aromatic nitrogens is 1. The van der Waals surface area contributed by atoms with Gasteiger partial charge < -0.3 is 14.5 Å². The highest BCUT2D eigenvalue weighted by Gasteiger charge is 2.01. The zero-order valence-electron chi connectivity index (χ0n) is 9.73. The fraction of sp³-hybridized carbons (Fsp3) is 0.308. The molecule has 90 valence electrons. The van der Waals surface area contributed by atoms with Crippen LogP contribution in [0.1, 0.15) is 16.1 Å². The number of methoxy groups -OCH3 is 1. The Morgan fingerprint density at radius 2 is 2.18 bits per heavy atom. The van der Waals surface area contributed by atoms with Gasteiger partial charge in [-0.3, -0.25) is 4.79 Å². The largest absolute Gasteiger partial charge is 0.382 e. The number of aromatic amines is 1. The summed E-state index contributed by atoms with van der Waals surface area (Å²) in [5.41, 5.74) is 2.63. The summed E-state index contributed by atoms with van der Waals surface area (Å²) in [6, 6.07) is 7.80. The van der Waals surface area contributed by atoms with Crippen LogP contribution in [0, 0.1) is 0 Å². The molecule has 17 heavy (non-hydrogen) atoms. The van der Waals surface area contributed by atoms with Gasteiger partial charge in [0.1, 0.15) is 0 Å². The zero-order chi connectivity index (χ0) is 12.1. The maximum absolute atomic E-state index is 10.6. The summed E-state index contributed by atoms with van der Waals surface area (Å²) < 4.78 is 10.3. The molecule has 1 aromatic heterocycles. The van der Waals surface area contributed by atoms with Gasteiger partial charge in [-0.2, -0.15) is 0 Å². The Kier molecular flexibility index (Phi) is 3.90. The molecule has 0 spiro atoms. The normalized spacial score (nSPS) is 10.9. The van der Waals surface area contributed by atoms with Crippen molar-refractivity contribution >= 4 is 17.2 Å². The van der Waals surface area contributed by atoms with Crippen molar-refractivity contribution in [1.29, 1.82) is 0 Å². The topological polar surface area (TPSA) is 51.3 Å². The van der Waals surface area contributed by atoms with Crippen molar-refractivity contribution in [3.8, 4) is 0 Å². The lowest BCUT2D eigenvalue weighted by atomic mass is 10.2. The molecule has 0 aliphatic heterocycles. The Balaban J connectivity index is 2.06. The number of benzene rings is 1. The third-order valence-corrected chi connectivity index (χ3v) is 2.54. The van der Waals surface area contributed by atoms with Gasteiger partial charge >= 0.3 is 0 Å². The van der Waals surface area contributed by atoms with Gasteiger partial charge in [0.2, 0.25) is 0 Å². The molecule has 4 nitrogen and oxygen atoms in total. The molecule has 0 bridgehead atoms. The second-order valence-electron chi connectivity index (χ2n) is 3.81. The summed E-state index contributed by atoms with van der Waals surface area (Å²) >= 11 is 0. The second-order valence-corrected chi connectivity index (χ2v) is 3.81. The highest BCUT2D eigenvalue weighted by Crippen LogP contribution is 2.16. The van der Waals surface area contributed by atoms with E-state index in [4.69, 9.17) is 9.47 Å². The van der Waals surface area contributed by atoms with Crippen molar-refractivity contribution in [2.45, 2.75) is 6.61 Å². The van der Waals surface area contributed by atoms with Crippen LogP contribution in [0.2, 0.25) is 0 Å². The number of aldehydes is 1. The minimum atomic E-state index is 0.550. The quantitative estimate of drug-likeness (QED) is 0.614. The molecule has 0 aliphatic rings. The predicted octanol–water partition coefficient (Wildman–Crippen LogP) is 2.14. The molecule has 0 aliphatic carbocycles. The average Bonchev–Trinajstić information content (AvgIpc) is 2.77. The van der Waals surface area contributed by atoms with Crippen LogP contribution in [0.25, 0.3) is 10.9 Å². The fourth-order valence-corrected chi connectivity index (χ4v) is 1.68. The van der Waals surface area contributed by atoms with E-state index in [0.717, 1.165) is 22.8 Å². The smallest absolute Gasteiger partial charge is 0.166 e. The fourth-order valence-electron chi connectivity index (χ4n) is 1.68. The lowest BCUT2D eigenvalue weighted by Crippen LogP contribution is -2.01. The first-order valence-electron chi connectivity index (χ1n) is 5.47. The first-order chi connectivity index (χ1) is 8.33. The second kappa shape index (κ2) is 5.61. The molecule has 2 rings (SSSR count). The van der Waals surface area contributed by atoms with Crippen LogP contribution in [0.4, 0.5) is 0 Å². The van der Waals surface area contributed by atoms with Crippen molar-refractivity contribution in [1.82, 2.24) is 4.98 Å². The third kappa shape index (κ3) is 2.93. The summed E-state index contributed by atoms with van der Waals surface area (Å²) in [6.07, 6.45) is 0.814. The number of carbonyl (C=O) groups excluding carboxylic acids is 1. The highest BCUT2D eigenvalue weighted by molar-refractivity contribution is 5.88. The van der Waals surface area contributed by atoms with E-state index in [9.17, 15) is 4.79 Å². The molecular formula is C13H15NO3. The van der Waals surface area contributed by atoms with Gasteiger partial charge in [-0.05, 0) is 17.7 Å². The molecule has 4 heteroatoms. The lowest BCUT2D eigenvalue weighted by molar-refractivity contribution is 0.0617. The molecule has 0 atom stereocenters. The maximum Gasteiger partial charge on any atom is 0.166 e. The first kappa shape index (κ1) is 11.8. The first-order valence-corrected chi connectivity index (χ1v) is 5.47. The molecule has 0 saturated carbocycles. The number of carbonyl (C=O) groups is 1. The van der Waals surface area contributed by atoms with E-state index in [1.54, 1.807) is 7.11 Å². The van der Waals surface area contributed by atoms with Crippen LogP contribution >= 0.6 is 0 Å². The van der Waals surface area contributed by atoms with E-state index < -0.39 is 0 Å². The Bertz CT molecular complexity index is 504. The molecule has 1 heterocycles. The Morgan fingerprint density at radius 3 is 2.94 bits per heavy atom. The average molecular weight is 233 g/mol. The Morgan fingerprint density at radius 1 is 1.29 bits per heavy atom. The summed E-state index contributed by atoms with van der Waals surface area (Å²) in [4.78, 5) is 13.7. The number of rotatable bonds is 6. The number of hydrogen-bond acceptors (Lipinski definition) is 3. The SMILES string of the molecule is COCCOCc1ccc2cc(C=O)[nH]c2c1. The van der Waals surface area contributed by atoms with E-state index in [-0.39, 0.29) is 0 Å². The third-order valence-electron chi connectivity index (χ3n) is 2.54. The van der Waals surface area contributed by atoms with E-state index in [2.05, 4.69) is 4.98 Å². The number of H-pyrrole nitrogens is 1. The summed E-state index contributed by atoms with van der Waals surface area (Å²) in [7, 11) is 1.65. The van der Waals surface area contributed by atoms with Gasteiger partial charge in [0.15, 0.2) is 6.29 Å². The van der Waals surface area contributed by atoms with Gasteiger partial charge in [-0.1, -0.05) is 12.1 Å². The highest BCUT2D eigenvalue weighted by atomic mass is 16.5. The monoisotopic (exact) mass is 233 g/mol. The predicted molar refractivity (Wildman–Crippen MR) is 65.2 cm³/mol. The molecule has 0 radical (unpaired) electrons. The van der Waals surface area contributed by atoms with Crippen molar-refractivity contribution in [3.63, 3.8) is 0 Å². The van der Waals surface area contributed by atoms with Gasteiger partial charge in [0, 0.05) is 18.0 Å². The number of ether oxygens (including phenoxy) is 2. The number of hydrogen-bond donors (Lipinski definition) is 1. The summed E-state index contributed by atoms with van der Waals surface area (Å²) in [5.74, 6) is 0. The minimum absolute atomic E-state index is 0.550. The van der Waals surface area contributed by atoms with Crippen LogP contribution in [0.15, 0.2) is 24.3 Å². The molecule has 0 saturated heterocycles. The van der Waals surface area contributed by atoms with Crippen LogP contribution in [-0.4, -0.2) is 31.6 Å². The Labute approximate surface area is 99.5 Å². The van der Waals surface area contributed by atoms with E-state index in [1.165, 1.54) is 0 Å². The van der Waals surface area contributed by atoms with E-state index >= 15 is 0 Å². The van der Waals surface area contributed by atoms with Crippen LogP contribution in [0.5, 0.6) is 0 Å². The Hall–Kier alpha value is -1.65. The van der Waals surface area contributed by atoms with Crippen LogP contribution in [-0.2, 0) is 16.1 Å². The molecule has 0 unspecified atom stereocenters. The van der Waals surface area contributed by atoms with Crippen molar-refractivity contribution in [2.24, 2.45) is 0 Å². The number of nitrogens with one attached hydrogen (secondary N) is 1. The van der Waals surface area contributed by atoms with Gasteiger partial charge in [-0.25, -0.2) is 0 Å². The van der Waals surface area contributed by atoms with Crippen LogP contribution < -0.4 is 0 Å². The molecule has 0 fully saturated rings. The van der Waals surface area contributed by atoms with Gasteiger partial charge in [-0.15, -0.1) is 0 Å². The molecule has 2 aromatic rings. The molecule has 1 N–H and O–H groups in total. The van der Waals surface area contributed by atoms with E-state index in [0.29, 0.717) is 25.5 Å². The summed E-state index contributed by atoms with van der Waals surface area (Å²) in [5, 5.41) is 1.03. The minimum Gasteiger partial charge on any atom is -0.382 e. The summed E-state index contributed by atoms with van der Waals surface area (Å²) in [6.45, 7) is 1.73. The van der Waals surface area contributed by atoms with Crippen molar-refractivity contribution in [2.75, 3.05) is 20.3 Å². The lowest BCUT2D eigenvalue weighted by Gasteiger charge is -2.03. The van der Waals surface area contributed by atoms with Crippen LogP contribution in [0.3, 0.4) is 0 Å². The van der Waals surface area contributed by atoms with Gasteiger partial charge in [0.25, 0.3) is 0 Å². The van der Waals surface area contributed by atoms with Crippen molar-refractivity contribution in [3.05, 3.63) is 35.5 Å². The van der Waals surface area contributed by atoms with Gasteiger partial charge in [0.05, 0.1) is 25.5 Å². The maximum atomic E-state index is 10.6. The molecule has 0 amide bonds. The van der Waals surface area contributed by atoms with Crippen molar-refractivity contribution < 1.29 is 14.3 Å². The molecular weight excluding hydrogens is 218 g/mol. The standard InChI is InChI=1S/C13H15NO3/c1-16-4-5-17-9-10-2-3-11-7-12(8-15)14-13(11)6-10/h2-3,6-8,14H,4-5,9H2,1H3. The van der Waals surface area contributed by atoms with E-state index in [1.807, 2.05) is 24.3 Å². The number of fused-ring (bicyclic) bond motifs is 1. The zero-order valence-corrected chi connectivity index (χ0v) is 9.73. The molecule has 1 aromatic carbocycles.